The number of ether oxygens (including phenoxy) is 1. The normalized spacial score (nSPS) is 12.6. The Labute approximate surface area is 153 Å². The molecule has 0 N–H and O–H groups in total. The number of rotatable bonds is 4. The van der Waals surface area contributed by atoms with Crippen molar-refractivity contribution in [1.82, 2.24) is 0 Å². The third-order valence-corrected chi connectivity index (χ3v) is 4.49. The van der Waals surface area contributed by atoms with Crippen molar-refractivity contribution >= 4 is 6.08 Å². The Morgan fingerprint density at radius 1 is 0.880 bits per heavy atom. The van der Waals surface area contributed by atoms with E-state index in [9.17, 15) is 0 Å². The number of benzene rings is 2. The van der Waals surface area contributed by atoms with E-state index in [2.05, 4.69) is 90.1 Å². The standard InChI is InChI=1S/C24H32O/c1-23(2,3)20-16-19(15-11-14-18-12-9-8-10-13-18)22(25-7)21(17-20)24(4,5)6/h8-14,16-17H,15H2,1-7H3. The highest BCUT2D eigenvalue weighted by atomic mass is 16.5. The first-order chi connectivity index (χ1) is 11.6. The molecular weight excluding hydrogens is 304 g/mol. The molecule has 0 saturated heterocycles. The zero-order valence-corrected chi connectivity index (χ0v) is 16.8. The molecule has 134 valence electrons. The van der Waals surface area contributed by atoms with Crippen LogP contribution in [-0.2, 0) is 17.3 Å². The summed E-state index contributed by atoms with van der Waals surface area (Å²) in [6.07, 6.45) is 5.27. The Morgan fingerprint density at radius 3 is 2.04 bits per heavy atom. The number of hydrogen-bond acceptors (Lipinski definition) is 1. The molecule has 0 radical (unpaired) electrons. The largest absolute Gasteiger partial charge is 0.496 e. The summed E-state index contributed by atoms with van der Waals surface area (Å²) in [6, 6.07) is 15.1. The van der Waals surface area contributed by atoms with Crippen molar-refractivity contribution in [3.63, 3.8) is 0 Å². The van der Waals surface area contributed by atoms with Gasteiger partial charge in [-0.15, -0.1) is 0 Å². The van der Waals surface area contributed by atoms with Crippen molar-refractivity contribution in [3.8, 4) is 5.75 Å². The molecule has 0 bridgehead atoms. The van der Waals surface area contributed by atoms with E-state index in [4.69, 9.17) is 4.74 Å². The van der Waals surface area contributed by atoms with Crippen molar-refractivity contribution in [2.24, 2.45) is 0 Å². The van der Waals surface area contributed by atoms with Crippen LogP contribution >= 0.6 is 0 Å². The van der Waals surface area contributed by atoms with Gasteiger partial charge in [-0.25, -0.2) is 0 Å². The number of allylic oxidation sites excluding steroid dienone is 1. The summed E-state index contributed by atoms with van der Waals surface area (Å²) < 4.78 is 5.84. The van der Waals surface area contributed by atoms with E-state index >= 15 is 0 Å². The van der Waals surface area contributed by atoms with E-state index < -0.39 is 0 Å². The fourth-order valence-corrected chi connectivity index (χ4v) is 2.96. The first kappa shape index (κ1) is 19.3. The molecule has 0 aliphatic heterocycles. The summed E-state index contributed by atoms with van der Waals surface area (Å²) in [5.41, 5.74) is 5.29. The Hall–Kier alpha value is -2.02. The average Bonchev–Trinajstić information content (AvgIpc) is 2.53. The van der Waals surface area contributed by atoms with Crippen LogP contribution in [0.1, 0.15) is 63.8 Å². The maximum Gasteiger partial charge on any atom is 0.126 e. The molecule has 0 aliphatic rings. The van der Waals surface area contributed by atoms with Crippen LogP contribution in [0, 0.1) is 0 Å². The van der Waals surface area contributed by atoms with Gasteiger partial charge in [0.25, 0.3) is 0 Å². The Kier molecular flexibility index (Phi) is 5.77. The van der Waals surface area contributed by atoms with E-state index in [1.54, 1.807) is 7.11 Å². The van der Waals surface area contributed by atoms with Crippen molar-refractivity contribution in [2.45, 2.75) is 58.8 Å². The fraction of sp³-hybridized carbons (Fsp3) is 0.417. The van der Waals surface area contributed by atoms with Gasteiger partial charge in [0.2, 0.25) is 0 Å². The minimum atomic E-state index is 0.0461. The monoisotopic (exact) mass is 336 g/mol. The lowest BCUT2D eigenvalue weighted by atomic mass is 9.78. The molecule has 0 amide bonds. The molecule has 0 atom stereocenters. The minimum Gasteiger partial charge on any atom is -0.496 e. The first-order valence-corrected chi connectivity index (χ1v) is 9.06. The van der Waals surface area contributed by atoms with Gasteiger partial charge in [0.05, 0.1) is 7.11 Å². The lowest BCUT2D eigenvalue weighted by molar-refractivity contribution is 0.392. The quantitative estimate of drug-likeness (QED) is 0.615. The van der Waals surface area contributed by atoms with Gasteiger partial charge in [0.15, 0.2) is 0 Å². The van der Waals surface area contributed by atoms with Gasteiger partial charge in [-0.2, -0.15) is 0 Å². The topological polar surface area (TPSA) is 9.23 Å². The van der Waals surface area contributed by atoms with Gasteiger partial charge in [0.1, 0.15) is 5.75 Å². The molecule has 0 spiro atoms. The lowest BCUT2D eigenvalue weighted by Crippen LogP contribution is -2.18. The summed E-state index contributed by atoms with van der Waals surface area (Å²) in [5.74, 6) is 1.03. The summed E-state index contributed by atoms with van der Waals surface area (Å²) in [5, 5.41) is 0. The van der Waals surface area contributed by atoms with Crippen molar-refractivity contribution in [2.75, 3.05) is 7.11 Å². The summed E-state index contributed by atoms with van der Waals surface area (Å²) >= 11 is 0. The van der Waals surface area contributed by atoms with Gasteiger partial charge < -0.3 is 4.74 Å². The molecule has 0 heterocycles. The van der Waals surface area contributed by atoms with Crippen LogP contribution in [0.15, 0.2) is 48.5 Å². The van der Waals surface area contributed by atoms with Gasteiger partial charge in [-0.3, -0.25) is 0 Å². The van der Waals surface area contributed by atoms with Gasteiger partial charge >= 0.3 is 0 Å². The second-order valence-corrected chi connectivity index (χ2v) is 8.73. The Morgan fingerprint density at radius 2 is 1.52 bits per heavy atom. The summed E-state index contributed by atoms with van der Waals surface area (Å²) in [6.45, 7) is 13.6. The molecule has 0 unspecified atom stereocenters. The lowest BCUT2D eigenvalue weighted by Gasteiger charge is -2.28. The van der Waals surface area contributed by atoms with E-state index in [0.29, 0.717) is 0 Å². The van der Waals surface area contributed by atoms with Crippen LogP contribution < -0.4 is 4.74 Å². The highest BCUT2D eigenvalue weighted by Crippen LogP contribution is 2.38. The van der Waals surface area contributed by atoms with E-state index in [-0.39, 0.29) is 10.8 Å². The molecule has 0 fully saturated rings. The Bertz CT molecular complexity index is 725. The SMILES string of the molecule is COc1c(CC=Cc2ccccc2)cc(C(C)(C)C)cc1C(C)(C)C. The van der Waals surface area contributed by atoms with Crippen LogP contribution in [0.3, 0.4) is 0 Å². The van der Waals surface area contributed by atoms with Gasteiger partial charge in [-0.1, -0.05) is 96.2 Å². The minimum absolute atomic E-state index is 0.0461. The van der Waals surface area contributed by atoms with E-state index in [1.807, 2.05) is 6.07 Å². The maximum atomic E-state index is 5.84. The molecule has 0 saturated carbocycles. The smallest absolute Gasteiger partial charge is 0.126 e. The van der Waals surface area contributed by atoms with Crippen LogP contribution in [0.5, 0.6) is 5.75 Å². The predicted octanol–water partition coefficient (Wildman–Crippen LogP) is 6.55. The number of hydrogen-bond donors (Lipinski definition) is 0. The molecule has 2 rings (SSSR count). The average molecular weight is 337 g/mol. The maximum absolute atomic E-state index is 5.84. The molecule has 1 nitrogen and oxygen atoms in total. The van der Waals surface area contributed by atoms with Crippen LogP contribution in [-0.4, -0.2) is 7.11 Å². The zero-order chi connectivity index (χ0) is 18.7. The molecule has 0 aromatic heterocycles. The van der Waals surface area contributed by atoms with Crippen LogP contribution in [0.25, 0.3) is 6.08 Å². The van der Waals surface area contributed by atoms with Gasteiger partial charge in [-0.05, 0) is 33.9 Å². The van der Waals surface area contributed by atoms with Crippen molar-refractivity contribution in [1.29, 1.82) is 0 Å². The molecular formula is C24H32O. The third-order valence-electron chi connectivity index (χ3n) is 4.49. The first-order valence-electron chi connectivity index (χ1n) is 9.06. The van der Waals surface area contributed by atoms with Crippen molar-refractivity contribution in [3.05, 3.63) is 70.8 Å². The zero-order valence-electron chi connectivity index (χ0n) is 16.8. The molecule has 2 aromatic rings. The second kappa shape index (κ2) is 7.47. The van der Waals surface area contributed by atoms with E-state index in [1.165, 1.54) is 22.3 Å². The Balaban J connectivity index is 2.46. The molecule has 1 heteroatoms. The molecule has 0 aliphatic carbocycles. The summed E-state index contributed by atoms with van der Waals surface area (Å²) in [7, 11) is 1.78. The van der Waals surface area contributed by atoms with Crippen LogP contribution in [0.2, 0.25) is 0 Å². The predicted molar refractivity (Wildman–Crippen MR) is 110 cm³/mol. The highest BCUT2D eigenvalue weighted by Gasteiger charge is 2.25. The van der Waals surface area contributed by atoms with E-state index in [0.717, 1.165) is 12.2 Å². The molecule has 25 heavy (non-hydrogen) atoms. The number of methoxy groups -OCH3 is 1. The third kappa shape index (κ3) is 4.98. The van der Waals surface area contributed by atoms with Gasteiger partial charge in [0, 0.05) is 5.56 Å². The van der Waals surface area contributed by atoms with Crippen molar-refractivity contribution < 1.29 is 4.74 Å². The summed E-state index contributed by atoms with van der Waals surface area (Å²) in [4.78, 5) is 0. The second-order valence-electron chi connectivity index (χ2n) is 8.73. The fourth-order valence-electron chi connectivity index (χ4n) is 2.96. The highest BCUT2D eigenvalue weighted by molar-refractivity contribution is 5.53. The molecule has 2 aromatic carbocycles. The van der Waals surface area contributed by atoms with Crippen LogP contribution in [0.4, 0.5) is 0 Å².